The van der Waals surface area contributed by atoms with Gasteiger partial charge >= 0.3 is 0 Å². The van der Waals surface area contributed by atoms with Gasteiger partial charge in [0.1, 0.15) is 28.6 Å². The molecule has 156 valence electrons. The third kappa shape index (κ3) is 3.59. The van der Waals surface area contributed by atoms with Gasteiger partial charge in [0.05, 0.1) is 7.11 Å². The number of Topliss-reactive ketones (excluding diaryl/α,β-unsaturated/α-hetero) is 1. The van der Waals surface area contributed by atoms with Crippen molar-refractivity contribution in [1.82, 2.24) is 9.47 Å². The van der Waals surface area contributed by atoms with Crippen LogP contribution >= 0.6 is 0 Å². The van der Waals surface area contributed by atoms with Crippen LogP contribution in [0.4, 0.5) is 0 Å². The number of ether oxygens (including phenoxy) is 2. The van der Waals surface area contributed by atoms with Crippen LogP contribution in [0.1, 0.15) is 22.3 Å². The molecule has 30 heavy (non-hydrogen) atoms. The third-order valence-corrected chi connectivity index (χ3v) is 5.15. The SMILES string of the molecule is COc1ccc2c(c1)c(/C=C1\Oc3cc(O)cc(O)c3C1=O)cn2CCCN(C)C. The van der Waals surface area contributed by atoms with Crippen molar-refractivity contribution in [3.63, 3.8) is 0 Å². The number of phenolic OH excluding ortho intramolecular Hbond substituents is 2. The minimum absolute atomic E-state index is 0.0614. The Morgan fingerprint density at radius 3 is 2.73 bits per heavy atom. The van der Waals surface area contributed by atoms with E-state index in [1.807, 2.05) is 38.5 Å². The van der Waals surface area contributed by atoms with Gasteiger partial charge in [-0.25, -0.2) is 0 Å². The predicted molar refractivity (Wildman–Crippen MR) is 114 cm³/mol. The molecule has 7 nitrogen and oxygen atoms in total. The Morgan fingerprint density at radius 1 is 1.20 bits per heavy atom. The van der Waals surface area contributed by atoms with Crippen molar-refractivity contribution in [1.29, 1.82) is 0 Å². The number of nitrogens with zero attached hydrogens (tertiary/aromatic N) is 2. The van der Waals surface area contributed by atoms with Crippen LogP contribution in [0.15, 0.2) is 42.3 Å². The van der Waals surface area contributed by atoms with Gasteiger partial charge in [0.15, 0.2) is 5.76 Å². The van der Waals surface area contributed by atoms with Crippen molar-refractivity contribution in [3.8, 4) is 23.0 Å². The number of aryl methyl sites for hydroxylation is 1. The van der Waals surface area contributed by atoms with Gasteiger partial charge in [-0.15, -0.1) is 0 Å². The Balaban J connectivity index is 1.75. The molecule has 0 spiro atoms. The van der Waals surface area contributed by atoms with E-state index < -0.39 is 5.78 Å². The Hall–Kier alpha value is -3.45. The molecule has 0 unspecified atom stereocenters. The van der Waals surface area contributed by atoms with Crippen molar-refractivity contribution in [2.75, 3.05) is 27.7 Å². The summed E-state index contributed by atoms with van der Waals surface area (Å²) in [7, 11) is 5.70. The molecule has 2 heterocycles. The number of fused-ring (bicyclic) bond motifs is 2. The summed E-state index contributed by atoms with van der Waals surface area (Å²) in [6, 6.07) is 8.29. The quantitative estimate of drug-likeness (QED) is 0.606. The highest BCUT2D eigenvalue weighted by molar-refractivity contribution is 6.16. The van der Waals surface area contributed by atoms with Crippen LogP contribution in [0.5, 0.6) is 23.0 Å². The van der Waals surface area contributed by atoms with E-state index in [9.17, 15) is 15.0 Å². The van der Waals surface area contributed by atoms with Crippen LogP contribution in [0.3, 0.4) is 0 Å². The van der Waals surface area contributed by atoms with Gasteiger partial charge in [-0.2, -0.15) is 0 Å². The first-order valence-electron chi connectivity index (χ1n) is 9.69. The number of hydrogen-bond acceptors (Lipinski definition) is 6. The van der Waals surface area contributed by atoms with E-state index in [1.165, 1.54) is 6.07 Å². The van der Waals surface area contributed by atoms with Gasteiger partial charge in [-0.05, 0) is 51.3 Å². The summed E-state index contributed by atoms with van der Waals surface area (Å²) in [4.78, 5) is 14.9. The molecule has 0 radical (unpaired) electrons. The standard InChI is InChI=1S/C23H24N2O5/c1-24(2)7-4-8-25-13-14(17-12-16(29-3)5-6-18(17)25)9-21-23(28)22-19(27)10-15(26)11-20(22)30-21/h5-6,9-13,26-27H,4,7-8H2,1-3H3/b21-9-. The van der Waals surface area contributed by atoms with E-state index in [2.05, 4.69) is 9.47 Å². The molecular weight excluding hydrogens is 384 g/mol. The molecule has 4 rings (SSSR count). The zero-order valence-electron chi connectivity index (χ0n) is 17.2. The minimum atomic E-state index is -0.418. The molecule has 1 aliphatic rings. The number of rotatable bonds is 6. The van der Waals surface area contributed by atoms with E-state index in [-0.39, 0.29) is 28.6 Å². The van der Waals surface area contributed by atoms with E-state index in [0.29, 0.717) is 0 Å². The van der Waals surface area contributed by atoms with Crippen molar-refractivity contribution in [3.05, 3.63) is 53.4 Å². The highest BCUT2D eigenvalue weighted by Gasteiger charge is 2.31. The topological polar surface area (TPSA) is 84.2 Å². The zero-order valence-corrected chi connectivity index (χ0v) is 17.2. The summed E-state index contributed by atoms with van der Waals surface area (Å²) in [6.45, 7) is 1.79. The monoisotopic (exact) mass is 408 g/mol. The molecule has 7 heteroatoms. The number of hydrogen-bond donors (Lipinski definition) is 2. The summed E-state index contributed by atoms with van der Waals surface area (Å²) in [5.74, 6) is 0.0856. The van der Waals surface area contributed by atoms with Gasteiger partial charge in [-0.1, -0.05) is 0 Å². The predicted octanol–water partition coefficient (Wildman–Crippen LogP) is 3.63. The highest BCUT2D eigenvalue weighted by Crippen LogP contribution is 2.41. The molecule has 0 saturated carbocycles. The Bertz CT molecular complexity index is 1160. The fourth-order valence-corrected chi connectivity index (χ4v) is 3.71. The smallest absolute Gasteiger partial charge is 0.235 e. The molecule has 1 aliphatic heterocycles. The lowest BCUT2D eigenvalue weighted by molar-refractivity contribution is 0.101. The Kier molecular flexibility index (Phi) is 5.13. The lowest BCUT2D eigenvalue weighted by atomic mass is 10.1. The second-order valence-corrected chi connectivity index (χ2v) is 7.60. The van der Waals surface area contributed by atoms with Crippen LogP contribution < -0.4 is 9.47 Å². The molecule has 0 fully saturated rings. The van der Waals surface area contributed by atoms with E-state index in [1.54, 1.807) is 13.2 Å². The van der Waals surface area contributed by atoms with Gasteiger partial charge in [0.25, 0.3) is 0 Å². The Labute approximate surface area is 174 Å². The molecule has 0 saturated heterocycles. The molecule has 2 aromatic carbocycles. The average Bonchev–Trinajstić information content (AvgIpc) is 3.19. The zero-order chi connectivity index (χ0) is 21.4. The maximum absolute atomic E-state index is 12.8. The number of phenols is 2. The molecule has 2 N–H and O–H groups in total. The summed E-state index contributed by atoms with van der Waals surface area (Å²) in [5, 5.41) is 20.6. The van der Waals surface area contributed by atoms with Gasteiger partial charge in [-0.3, -0.25) is 4.79 Å². The van der Waals surface area contributed by atoms with E-state index in [4.69, 9.17) is 9.47 Å². The van der Waals surface area contributed by atoms with Gasteiger partial charge in [0, 0.05) is 41.3 Å². The van der Waals surface area contributed by atoms with E-state index >= 15 is 0 Å². The molecule has 0 atom stereocenters. The molecule has 0 aliphatic carbocycles. The number of carbonyl (C=O) groups excluding carboxylic acids is 1. The average molecular weight is 408 g/mol. The maximum Gasteiger partial charge on any atom is 0.235 e. The molecule has 1 aromatic heterocycles. The highest BCUT2D eigenvalue weighted by atomic mass is 16.5. The van der Waals surface area contributed by atoms with Crippen LogP contribution in [0.25, 0.3) is 17.0 Å². The first-order valence-corrected chi connectivity index (χ1v) is 9.69. The van der Waals surface area contributed by atoms with Crippen LogP contribution in [-0.4, -0.2) is 53.2 Å². The van der Waals surface area contributed by atoms with Gasteiger partial charge in [0.2, 0.25) is 5.78 Å². The van der Waals surface area contributed by atoms with Crippen molar-refractivity contribution in [2.24, 2.45) is 0 Å². The van der Waals surface area contributed by atoms with Crippen molar-refractivity contribution >= 4 is 22.8 Å². The molecule has 3 aromatic rings. The molecule has 0 amide bonds. The van der Waals surface area contributed by atoms with Crippen LogP contribution in [-0.2, 0) is 6.54 Å². The normalized spacial score (nSPS) is 14.5. The number of methoxy groups -OCH3 is 1. The van der Waals surface area contributed by atoms with Crippen molar-refractivity contribution in [2.45, 2.75) is 13.0 Å². The number of ketones is 1. The fraction of sp³-hybridized carbons (Fsp3) is 0.261. The fourth-order valence-electron chi connectivity index (χ4n) is 3.71. The Morgan fingerprint density at radius 2 is 2.00 bits per heavy atom. The third-order valence-electron chi connectivity index (χ3n) is 5.15. The number of aromatic hydroxyl groups is 2. The number of carbonyl (C=O) groups is 1. The van der Waals surface area contributed by atoms with E-state index in [0.717, 1.165) is 47.8 Å². The summed E-state index contributed by atoms with van der Waals surface area (Å²) in [5.41, 5.74) is 1.91. The minimum Gasteiger partial charge on any atom is -0.508 e. The lowest BCUT2D eigenvalue weighted by Gasteiger charge is -2.10. The second-order valence-electron chi connectivity index (χ2n) is 7.60. The summed E-state index contributed by atoms with van der Waals surface area (Å²) in [6.07, 6.45) is 4.64. The molecule has 0 bridgehead atoms. The van der Waals surface area contributed by atoms with Crippen molar-refractivity contribution < 1.29 is 24.5 Å². The van der Waals surface area contributed by atoms with Gasteiger partial charge < -0.3 is 29.2 Å². The van der Waals surface area contributed by atoms with Crippen LogP contribution in [0, 0.1) is 0 Å². The number of benzene rings is 2. The maximum atomic E-state index is 12.8. The first kappa shape index (κ1) is 19.8. The second kappa shape index (κ2) is 7.76. The molecular formula is C23H24N2O5. The largest absolute Gasteiger partial charge is 0.508 e. The number of allylic oxidation sites excluding steroid dienone is 1. The lowest BCUT2D eigenvalue weighted by Crippen LogP contribution is -2.14. The summed E-state index contributed by atoms with van der Waals surface area (Å²) >= 11 is 0. The number of aromatic nitrogens is 1. The van der Waals surface area contributed by atoms with Crippen LogP contribution in [0.2, 0.25) is 0 Å². The first-order chi connectivity index (χ1) is 14.4. The summed E-state index contributed by atoms with van der Waals surface area (Å²) < 4.78 is 13.2.